The first-order chi connectivity index (χ1) is 28.4. The highest BCUT2D eigenvalue weighted by Crippen LogP contribution is 2.54. The molecule has 2 aliphatic rings. The lowest BCUT2D eigenvalue weighted by Gasteiger charge is -2.44. The molecule has 1 fully saturated rings. The van der Waals surface area contributed by atoms with Crippen LogP contribution in [0.4, 0.5) is 0 Å². The number of allylic oxidation sites excluding steroid dienone is 1. The molecule has 0 spiro atoms. The highest BCUT2D eigenvalue weighted by atomic mass is 16.6. The number of hydrogen-bond acceptors (Lipinski definition) is 17. The van der Waals surface area contributed by atoms with Crippen molar-refractivity contribution in [1.29, 1.82) is 0 Å². The standard InChI is InChI=1S/C44H52N2O15/c1-23(2)39(52)58-34-25(4)33(55-26(5)47)32-37(57-28(7)49)43(11,61-41(54)31-15-13-19-46-21-31)22-44(32,60-29(8)50)36(51)24(3)16-17-42(9,10)38(35(34)56-27(6)48)59-40(53)30-14-12-18-45-20-30/h12-21,23-24,32-35,37-38H,4,22H2,1-3,5-11H3/b17-16+/t24-,32-,33-,34-,35+,37+,38+,43+,44+/m0/s1. The fourth-order valence-corrected chi connectivity index (χ4v) is 7.73. The van der Waals surface area contributed by atoms with Gasteiger partial charge in [0.15, 0.2) is 41.4 Å². The van der Waals surface area contributed by atoms with Gasteiger partial charge >= 0.3 is 41.8 Å². The third kappa shape index (κ3) is 10.7. The monoisotopic (exact) mass is 848 g/mol. The molecule has 17 nitrogen and oxygen atoms in total. The lowest BCUT2D eigenvalue weighted by Crippen LogP contribution is -2.59. The Morgan fingerprint density at radius 1 is 0.721 bits per heavy atom. The molecule has 0 saturated heterocycles. The van der Waals surface area contributed by atoms with Crippen molar-refractivity contribution in [1.82, 2.24) is 9.97 Å². The third-order valence-corrected chi connectivity index (χ3v) is 10.4. The van der Waals surface area contributed by atoms with Gasteiger partial charge in [-0.15, -0.1) is 0 Å². The van der Waals surface area contributed by atoms with E-state index in [0.717, 1.165) is 27.7 Å². The van der Waals surface area contributed by atoms with E-state index in [4.69, 9.17) is 33.2 Å². The number of Topliss-reactive ketones (excluding diaryl/α,β-unsaturated/α-hetero) is 1. The maximum atomic E-state index is 15.3. The predicted octanol–water partition coefficient (Wildman–Crippen LogP) is 4.66. The summed E-state index contributed by atoms with van der Waals surface area (Å²) in [5, 5.41) is 0. The van der Waals surface area contributed by atoms with Crippen molar-refractivity contribution >= 4 is 47.6 Å². The second-order valence-corrected chi connectivity index (χ2v) is 16.3. The fourth-order valence-electron chi connectivity index (χ4n) is 7.73. The summed E-state index contributed by atoms with van der Waals surface area (Å²) in [7, 11) is 0. The summed E-state index contributed by atoms with van der Waals surface area (Å²) < 4.78 is 42.2. The predicted molar refractivity (Wildman–Crippen MR) is 212 cm³/mol. The molecular weight excluding hydrogens is 796 g/mol. The zero-order chi connectivity index (χ0) is 45.6. The quantitative estimate of drug-likeness (QED) is 0.180. The van der Waals surface area contributed by atoms with Crippen molar-refractivity contribution in [3.8, 4) is 0 Å². The zero-order valence-electron chi connectivity index (χ0n) is 35.8. The Kier molecular flexibility index (Phi) is 14.8. The maximum absolute atomic E-state index is 15.3. The van der Waals surface area contributed by atoms with Gasteiger partial charge < -0.3 is 33.2 Å². The van der Waals surface area contributed by atoms with Crippen LogP contribution in [0.25, 0.3) is 0 Å². The smallest absolute Gasteiger partial charge is 0.340 e. The van der Waals surface area contributed by atoms with E-state index in [1.807, 2.05) is 0 Å². The Morgan fingerprint density at radius 2 is 1.28 bits per heavy atom. The molecule has 4 rings (SSSR count). The van der Waals surface area contributed by atoms with Gasteiger partial charge in [0, 0.05) is 75.8 Å². The van der Waals surface area contributed by atoms with Gasteiger partial charge in [-0.2, -0.15) is 0 Å². The van der Waals surface area contributed by atoms with Crippen molar-refractivity contribution in [2.75, 3.05) is 0 Å². The molecule has 9 atom stereocenters. The van der Waals surface area contributed by atoms with Gasteiger partial charge in [-0.3, -0.25) is 38.7 Å². The number of hydrogen-bond donors (Lipinski definition) is 0. The van der Waals surface area contributed by atoms with Gasteiger partial charge in [-0.05, 0) is 31.2 Å². The fraction of sp³-hybridized carbons (Fsp3) is 0.500. The van der Waals surface area contributed by atoms with Crippen molar-refractivity contribution in [2.24, 2.45) is 23.2 Å². The Hall–Kier alpha value is -6.26. The van der Waals surface area contributed by atoms with E-state index in [1.54, 1.807) is 13.8 Å². The Balaban J connectivity index is 2.15. The van der Waals surface area contributed by atoms with Crippen molar-refractivity contribution in [2.45, 2.75) is 117 Å². The van der Waals surface area contributed by atoms with Gasteiger partial charge in [-0.25, -0.2) is 9.59 Å². The number of fused-ring (bicyclic) bond motifs is 1. The molecule has 0 unspecified atom stereocenters. The molecule has 0 aromatic carbocycles. The number of nitrogens with zero attached hydrogens (tertiary/aromatic N) is 2. The van der Waals surface area contributed by atoms with Crippen LogP contribution in [-0.4, -0.2) is 99.3 Å². The van der Waals surface area contributed by atoms with Gasteiger partial charge in [0.2, 0.25) is 0 Å². The number of pyridine rings is 2. The largest absolute Gasteiger partial charge is 0.458 e. The van der Waals surface area contributed by atoms with E-state index in [-0.39, 0.29) is 16.7 Å². The minimum Gasteiger partial charge on any atom is -0.458 e. The molecule has 0 N–H and O–H groups in total. The third-order valence-electron chi connectivity index (χ3n) is 10.4. The van der Waals surface area contributed by atoms with E-state index < -0.39 is 119 Å². The van der Waals surface area contributed by atoms with Crippen LogP contribution in [0.3, 0.4) is 0 Å². The molecule has 2 aromatic heterocycles. The summed E-state index contributed by atoms with van der Waals surface area (Å²) in [5.74, 6) is -11.3. The first-order valence-corrected chi connectivity index (χ1v) is 19.5. The molecule has 1 saturated carbocycles. The van der Waals surface area contributed by atoms with E-state index in [9.17, 15) is 33.6 Å². The van der Waals surface area contributed by atoms with E-state index in [0.29, 0.717) is 0 Å². The van der Waals surface area contributed by atoms with Crippen LogP contribution in [0.2, 0.25) is 0 Å². The Labute approximate surface area is 353 Å². The van der Waals surface area contributed by atoms with E-state index in [1.165, 1.54) is 88.9 Å². The maximum Gasteiger partial charge on any atom is 0.340 e. The minimum absolute atomic E-state index is 0.00678. The van der Waals surface area contributed by atoms with Crippen molar-refractivity contribution in [3.63, 3.8) is 0 Å². The summed E-state index contributed by atoms with van der Waals surface area (Å²) in [4.78, 5) is 117. The van der Waals surface area contributed by atoms with Gasteiger partial charge in [0.05, 0.1) is 23.0 Å². The molecule has 0 amide bonds. The van der Waals surface area contributed by atoms with Crippen molar-refractivity contribution in [3.05, 3.63) is 84.5 Å². The Bertz CT molecular complexity index is 2070. The first-order valence-electron chi connectivity index (χ1n) is 19.5. The Morgan fingerprint density at radius 3 is 1.77 bits per heavy atom. The first kappa shape index (κ1) is 47.4. The molecule has 2 aliphatic carbocycles. The molecule has 328 valence electrons. The van der Waals surface area contributed by atoms with Gasteiger partial charge in [-0.1, -0.05) is 53.3 Å². The normalized spacial score (nSPS) is 29.0. The SMILES string of the molecule is C=C1[C@H](OC(=O)C(C)C)[C@@H](OC(C)=O)[C@@H](OC(=O)c2cccnc2)C(C)(C)/C=C/[C@H](C)C(=O)[C@@]2(OC(C)=O)C[C@@](C)(OC(=O)c3cccnc3)[C@H](OC(C)=O)[C@@H]2[C@H]1OC(C)=O. The lowest BCUT2D eigenvalue weighted by atomic mass is 9.72. The number of aromatic nitrogens is 2. The lowest BCUT2D eigenvalue weighted by molar-refractivity contribution is -0.192. The number of carbonyl (C=O) groups is 8. The van der Waals surface area contributed by atoms with Crippen LogP contribution in [0, 0.1) is 23.2 Å². The summed E-state index contributed by atoms with van der Waals surface area (Å²) in [6.45, 7) is 17.4. The summed E-state index contributed by atoms with van der Waals surface area (Å²) in [6.07, 6.45) is -1.32. The summed E-state index contributed by atoms with van der Waals surface area (Å²) >= 11 is 0. The molecule has 0 aliphatic heterocycles. The number of rotatable bonds is 10. The van der Waals surface area contributed by atoms with E-state index >= 15 is 4.79 Å². The van der Waals surface area contributed by atoms with Crippen LogP contribution < -0.4 is 0 Å². The molecule has 17 heteroatoms. The summed E-state index contributed by atoms with van der Waals surface area (Å²) in [6, 6.07) is 5.81. The molecule has 61 heavy (non-hydrogen) atoms. The summed E-state index contributed by atoms with van der Waals surface area (Å²) in [5.41, 5.74) is -6.31. The minimum atomic E-state index is -2.46. The number of ketones is 1. The molecular formula is C44H52N2O15. The average Bonchev–Trinajstić information content (AvgIpc) is 3.41. The van der Waals surface area contributed by atoms with Crippen molar-refractivity contribution < 1.29 is 71.5 Å². The molecule has 2 heterocycles. The molecule has 0 radical (unpaired) electrons. The molecule has 0 bridgehead atoms. The van der Waals surface area contributed by atoms with Gasteiger partial charge in [0.25, 0.3) is 0 Å². The molecule has 2 aromatic rings. The van der Waals surface area contributed by atoms with Crippen LogP contribution in [0.1, 0.15) is 96.4 Å². The number of carbonyl (C=O) groups excluding carboxylic acids is 8. The number of ether oxygens (including phenoxy) is 7. The van der Waals surface area contributed by atoms with Crippen LogP contribution in [0.5, 0.6) is 0 Å². The zero-order valence-corrected chi connectivity index (χ0v) is 35.8. The van der Waals surface area contributed by atoms with E-state index in [2.05, 4.69) is 16.5 Å². The van der Waals surface area contributed by atoms with Crippen LogP contribution in [-0.2, 0) is 61.9 Å². The number of esters is 7. The average molecular weight is 849 g/mol. The van der Waals surface area contributed by atoms with Crippen LogP contribution >= 0.6 is 0 Å². The second-order valence-electron chi connectivity index (χ2n) is 16.3. The highest BCUT2D eigenvalue weighted by Gasteiger charge is 2.72. The topological polar surface area (TPSA) is 227 Å². The van der Waals surface area contributed by atoms with Crippen LogP contribution in [0.15, 0.2) is 73.4 Å². The second kappa shape index (κ2) is 19.0. The van der Waals surface area contributed by atoms with Gasteiger partial charge in [0.1, 0.15) is 6.10 Å². The highest BCUT2D eigenvalue weighted by molar-refractivity contribution is 5.95.